The first-order chi connectivity index (χ1) is 13.7. The highest BCUT2D eigenvalue weighted by Gasteiger charge is 2.16. The first-order valence-electron chi connectivity index (χ1n) is 8.88. The van der Waals surface area contributed by atoms with Crippen LogP contribution in [0.5, 0.6) is 0 Å². The van der Waals surface area contributed by atoms with E-state index in [1.165, 1.54) is 17.0 Å². The van der Waals surface area contributed by atoms with E-state index in [0.29, 0.717) is 6.54 Å². The molecule has 7 nitrogen and oxygen atoms in total. The average Bonchev–Trinajstić information content (AvgIpc) is 2.68. The zero-order chi connectivity index (χ0) is 21.4. The molecule has 0 bridgehead atoms. The summed E-state index contributed by atoms with van der Waals surface area (Å²) in [6.07, 6.45) is -0.172. The van der Waals surface area contributed by atoms with Crippen LogP contribution in [-0.2, 0) is 30.9 Å². The van der Waals surface area contributed by atoms with Gasteiger partial charge in [0, 0.05) is 24.6 Å². The maximum Gasteiger partial charge on any atom is 0.307 e. The molecule has 0 aliphatic carbocycles. The quantitative estimate of drug-likeness (QED) is 0.554. The lowest BCUT2D eigenvalue weighted by atomic mass is 10.2. The number of amides is 1. The van der Waals surface area contributed by atoms with Gasteiger partial charge in [0.25, 0.3) is 5.91 Å². The fourth-order valence-corrected chi connectivity index (χ4v) is 3.66. The summed E-state index contributed by atoms with van der Waals surface area (Å²) in [7, 11) is -2.07. The Morgan fingerprint density at radius 3 is 2.31 bits per heavy atom. The number of carbonyl (C=O) groups excluding carboxylic acids is 2. The Hall–Kier alpha value is -2.23. The van der Waals surface area contributed by atoms with E-state index >= 15 is 0 Å². The molecule has 1 amide bonds. The maximum atomic E-state index is 12.1. The molecule has 156 valence electrons. The smallest absolute Gasteiger partial charge is 0.307 e. The van der Waals surface area contributed by atoms with Crippen LogP contribution in [-0.4, -0.2) is 45.4 Å². The number of hydrogen-bond acceptors (Lipinski definition) is 5. The molecule has 0 heterocycles. The number of nitrogens with one attached hydrogen (secondary N) is 1. The van der Waals surface area contributed by atoms with Gasteiger partial charge in [-0.2, -0.15) is 0 Å². The van der Waals surface area contributed by atoms with Crippen LogP contribution in [0.25, 0.3) is 0 Å². The summed E-state index contributed by atoms with van der Waals surface area (Å²) in [6, 6.07) is 13.9. The molecule has 0 saturated carbocycles. The number of ether oxygens (including phenoxy) is 1. The van der Waals surface area contributed by atoms with E-state index in [9.17, 15) is 18.0 Å². The molecule has 29 heavy (non-hydrogen) atoms. The predicted octanol–water partition coefficient (Wildman–Crippen LogP) is 2.63. The van der Waals surface area contributed by atoms with Crippen molar-refractivity contribution in [3.8, 4) is 0 Å². The third kappa shape index (κ3) is 7.60. The molecule has 0 aromatic heterocycles. The van der Waals surface area contributed by atoms with E-state index in [2.05, 4.69) is 20.7 Å². The zero-order valence-corrected chi connectivity index (χ0v) is 18.6. The van der Waals surface area contributed by atoms with E-state index in [-0.39, 0.29) is 23.8 Å². The topological polar surface area (TPSA) is 92.8 Å². The Bertz CT molecular complexity index is 944. The minimum Gasteiger partial charge on any atom is -0.456 e. The van der Waals surface area contributed by atoms with Gasteiger partial charge in [0.15, 0.2) is 6.61 Å². The van der Waals surface area contributed by atoms with Crippen LogP contribution in [0, 0.1) is 6.92 Å². The predicted molar refractivity (Wildman–Crippen MR) is 113 cm³/mol. The van der Waals surface area contributed by atoms with Crippen molar-refractivity contribution in [2.75, 3.05) is 20.2 Å². The van der Waals surface area contributed by atoms with Gasteiger partial charge in [0.1, 0.15) is 0 Å². The molecular formula is C20H23BrN2O5S. The van der Waals surface area contributed by atoms with Crippen LogP contribution in [0.1, 0.15) is 17.5 Å². The van der Waals surface area contributed by atoms with Gasteiger partial charge in [-0.3, -0.25) is 9.59 Å². The number of esters is 1. The minimum atomic E-state index is -3.69. The van der Waals surface area contributed by atoms with E-state index in [1.807, 2.05) is 31.2 Å². The summed E-state index contributed by atoms with van der Waals surface area (Å²) in [5.41, 5.74) is 1.89. The molecule has 1 N–H and O–H groups in total. The molecule has 0 spiro atoms. The lowest BCUT2D eigenvalue weighted by Gasteiger charge is -2.17. The summed E-state index contributed by atoms with van der Waals surface area (Å²) < 4.78 is 32.5. The number of likely N-dealkylation sites (N-methyl/N-ethyl adjacent to an activating group) is 1. The molecular weight excluding hydrogens is 460 g/mol. The second-order valence-corrected chi connectivity index (χ2v) is 9.18. The summed E-state index contributed by atoms with van der Waals surface area (Å²) in [5, 5.41) is 0. The molecule has 0 fully saturated rings. The van der Waals surface area contributed by atoms with Gasteiger partial charge < -0.3 is 9.64 Å². The molecule has 0 aliphatic rings. The van der Waals surface area contributed by atoms with Crippen LogP contribution in [0.2, 0.25) is 0 Å². The van der Waals surface area contributed by atoms with Crippen molar-refractivity contribution < 1.29 is 22.7 Å². The third-order valence-corrected chi connectivity index (χ3v) is 6.07. The number of halogens is 1. The van der Waals surface area contributed by atoms with Gasteiger partial charge in [0.2, 0.25) is 10.0 Å². The third-order valence-electron chi connectivity index (χ3n) is 4.07. The van der Waals surface area contributed by atoms with E-state index in [0.717, 1.165) is 15.6 Å². The molecule has 0 atom stereocenters. The van der Waals surface area contributed by atoms with Gasteiger partial charge in [-0.25, -0.2) is 13.1 Å². The Labute approximate surface area is 179 Å². The second-order valence-electron chi connectivity index (χ2n) is 6.50. The normalized spacial score (nSPS) is 11.1. The number of nitrogens with zero attached hydrogens (tertiary/aromatic N) is 1. The maximum absolute atomic E-state index is 12.1. The van der Waals surface area contributed by atoms with Crippen LogP contribution in [0.4, 0.5) is 0 Å². The standard InChI is InChI=1S/C20H23BrN2O5S/c1-15-3-9-18(10-4-15)29(26,27)22-12-11-20(25)28-14-19(24)23(2)13-16-5-7-17(21)8-6-16/h3-10,22H,11-14H2,1-2H3. The summed E-state index contributed by atoms with van der Waals surface area (Å²) in [5.74, 6) is -0.997. The molecule has 0 aliphatic heterocycles. The zero-order valence-electron chi connectivity index (χ0n) is 16.2. The highest BCUT2D eigenvalue weighted by molar-refractivity contribution is 9.10. The lowest BCUT2D eigenvalue weighted by Crippen LogP contribution is -2.31. The average molecular weight is 483 g/mol. The molecule has 0 radical (unpaired) electrons. The number of aryl methyl sites for hydroxylation is 1. The summed E-state index contributed by atoms with van der Waals surface area (Å²) >= 11 is 3.35. The molecule has 2 rings (SSSR count). The molecule has 0 saturated heterocycles. The van der Waals surface area contributed by atoms with Crippen LogP contribution in [0.15, 0.2) is 57.9 Å². The van der Waals surface area contributed by atoms with Crippen LogP contribution < -0.4 is 4.72 Å². The van der Waals surface area contributed by atoms with Gasteiger partial charge in [-0.05, 0) is 36.8 Å². The second kappa shape index (κ2) is 10.5. The Morgan fingerprint density at radius 2 is 1.69 bits per heavy atom. The van der Waals surface area contributed by atoms with E-state index < -0.39 is 22.6 Å². The minimum absolute atomic E-state index is 0.113. The van der Waals surface area contributed by atoms with E-state index in [4.69, 9.17) is 4.74 Å². The first-order valence-corrected chi connectivity index (χ1v) is 11.2. The number of carbonyl (C=O) groups is 2. The van der Waals surface area contributed by atoms with Gasteiger partial charge in [-0.15, -0.1) is 0 Å². The fourth-order valence-electron chi connectivity index (χ4n) is 2.36. The van der Waals surface area contributed by atoms with Crippen molar-refractivity contribution in [2.24, 2.45) is 0 Å². The monoisotopic (exact) mass is 482 g/mol. The largest absolute Gasteiger partial charge is 0.456 e. The number of rotatable bonds is 9. The van der Waals surface area contributed by atoms with Crippen LogP contribution in [0.3, 0.4) is 0 Å². The van der Waals surface area contributed by atoms with Gasteiger partial charge >= 0.3 is 5.97 Å². The van der Waals surface area contributed by atoms with Crippen molar-refractivity contribution in [1.82, 2.24) is 9.62 Å². The SMILES string of the molecule is Cc1ccc(S(=O)(=O)NCCC(=O)OCC(=O)N(C)Cc2ccc(Br)cc2)cc1. The van der Waals surface area contributed by atoms with Crippen molar-refractivity contribution >= 4 is 37.8 Å². The van der Waals surface area contributed by atoms with Gasteiger partial charge in [-0.1, -0.05) is 45.8 Å². The van der Waals surface area contributed by atoms with Crippen molar-refractivity contribution in [3.63, 3.8) is 0 Å². The molecule has 0 unspecified atom stereocenters. The molecule has 9 heteroatoms. The van der Waals surface area contributed by atoms with E-state index in [1.54, 1.807) is 19.2 Å². The Morgan fingerprint density at radius 1 is 1.07 bits per heavy atom. The Balaban J connectivity index is 1.72. The van der Waals surface area contributed by atoms with Gasteiger partial charge in [0.05, 0.1) is 11.3 Å². The number of hydrogen-bond donors (Lipinski definition) is 1. The summed E-state index contributed by atoms with van der Waals surface area (Å²) in [6.45, 7) is 1.74. The van der Waals surface area contributed by atoms with Crippen LogP contribution >= 0.6 is 15.9 Å². The molecule has 2 aromatic carbocycles. The molecule has 2 aromatic rings. The number of benzene rings is 2. The first kappa shape index (κ1) is 23.1. The van der Waals surface area contributed by atoms with Crippen molar-refractivity contribution in [2.45, 2.75) is 24.8 Å². The number of sulfonamides is 1. The Kier molecular flexibility index (Phi) is 8.36. The fraction of sp³-hybridized carbons (Fsp3) is 0.300. The highest BCUT2D eigenvalue weighted by atomic mass is 79.9. The summed E-state index contributed by atoms with van der Waals surface area (Å²) in [4.78, 5) is 25.5. The van der Waals surface area contributed by atoms with Crippen molar-refractivity contribution in [3.05, 3.63) is 64.1 Å². The van der Waals surface area contributed by atoms with Crippen molar-refractivity contribution in [1.29, 1.82) is 0 Å². The lowest BCUT2D eigenvalue weighted by molar-refractivity contribution is -0.151. The highest BCUT2D eigenvalue weighted by Crippen LogP contribution is 2.12.